The van der Waals surface area contributed by atoms with Crippen molar-refractivity contribution in [2.24, 2.45) is 0 Å². The van der Waals surface area contributed by atoms with Crippen LogP contribution in [0.2, 0.25) is 0 Å². The first-order valence-corrected chi connectivity index (χ1v) is 11.6. The van der Waals surface area contributed by atoms with Gasteiger partial charge in [0.15, 0.2) is 5.78 Å². The van der Waals surface area contributed by atoms with Gasteiger partial charge in [-0.2, -0.15) is 0 Å². The molecular formula is C28H29NO5. The maximum atomic E-state index is 13.5. The number of ether oxygens (including phenoxy) is 3. The molecule has 0 saturated carbocycles. The number of likely N-dealkylation sites (tertiary alicyclic amines) is 1. The van der Waals surface area contributed by atoms with Crippen molar-refractivity contribution in [2.75, 3.05) is 13.1 Å². The van der Waals surface area contributed by atoms with Gasteiger partial charge in [-0.15, -0.1) is 0 Å². The monoisotopic (exact) mass is 459 g/mol. The molecule has 1 saturated heterocycles. The lowest BCUT2D eigenvalue weighted by Gasteiger charge is -2.32. The molecule has 5 rings (SSSR count). The van der Waals surface area contributed by atoms with Crippen LogP contribution in [0, 0.1) is 0 Å². The van der Waals surface area contributed by atoms with Gasteiger partial charge in [-0.3, -0.25) is 9.69 Å². The summed E-state index contributed by atoms with van der Waals surface area (Å²) in [7, 11) is 0. The molecule has 3 aliphatic rings. The molecular weight excluding hydrogens is 430 g/mol. The van der Waals surface area contributed by atoms with E-state index in [1.165, 1.54) is 11.1 Å². The first kappa shape index (κ1) is 22.6. The van der Waals surface area contributed by atoms with E-state index in [4.69, 9.17) is 14.2 Å². The molecule has 34 heavy (non-hydrogen) atoms. The summed E-state index contributed by atoms with van der Waals surface area (Å²) in [5, 5.41) is 0. The molecule has 6 nitrogen and oxygen atoms in total. The highest BCUT2D eigenvalue weighted by atomic mass is 16.6. The normalized spacial score (nSPS) is 20.1. The molecule has 6 heteroatoms. The van der Waals surface area contributed by atoms with Crippen LogP contribution in [0.4, 0.5) is 4.79 Å². The Hall–Kier alpha value is -3.22. The maximum absolute atomic E-state index is 13.5. The van der Waals surface area contributed by atoms with Crippen molar-refractivity contribution < 1.29 is 23.8 Å². The van der Waals surface area contributed by atoms with Gasteiger partial charge in [-0.25, -0.2) is 4.79 Å². The Morgan fingerprint density at radius 3 is 1.76 bits per heavy atom. The van der Waals surface area contributed by atoms with Gasteiger partial charge >= 0.3 is 6.09 Å². The van der Waals surface area contributed by atoms with Crippen LogP contribution in [0.1, 0.15) is 54.2 Å². The third-order valence-electron chi connectivity index (χ3n) is 6.13. The Labute approximate surface area is 199 Å². The fraction of sp³-hybridized carbons (Fsp3) is 0.357. The third-order valence-corrected chi connectivity index (χ3v) is 6.13. The van der Waals surface area contributed by atoms with E-state index in [9.17, 15) is 9.59 Å². The number of Topliss-reactive ketones (excluding diaryl/α,β-unsaturated/α-hetero) is 1. The van der Waals surface area contributed by atoms with Crippen LogP contribution in [0.5, 0.6) is 0 Å². The predicted octanol–water partition coefficient (Wildman–Crippen LogP) is 5.03. The van der Waals surface area contributed by atoms with Crippen LogP contribution >= 0.6 is 0 Å². The van der Waals surface area contributed by atoms with Gasteiger partial charge in [-0.05, 0) is 78.4 Å². The second-order valence-electron chi connectivity index (χ2n) is 10.0. The van der Waals surface area contributed by atoms with Crippen molar-refractivity contribution in [3.63, 3.8) is 0 Å². The summed E-state index contributed by atoms with van der Waals surface area (Å²) in [6.45, 7) is 8.33. The van der Waals surface area contributed by atoms with Crippen molar-refractivity contribution in [1.82, 2.24) is 4.90 Å². The highest BCUT2D eigenvalue weighted by Crippen LogP contribution is 2.27. The predicted molar refractivity (Wildman–Crippen MR) is 129 cm³/mol. The molecule has 0 radical (unpaired) electrons. The number of carbonyl (C=O) groups excluding carboxylic acids is 2. The fourth-order valence-corrected chi connectivity index (χ4v) is 4.46. The molecule has 0 aromatic heterocycles. The van der Waals surface area contributed by atoms with Gasteiger partial charge in [0.25, 0.3) is 0 Å². The maximum Gasteiger partial charge on any atom is 0.410 e. The number of ketones is 1. The Bertz CT molecular complexity index is 1140. The van der Waals surface area contributed by atoms with Gasteiger partial charge in [0.2, 0.25) is 0 Å². The lowest BCUT2D eigenvalue weighted by atomic mass is 9.93. The first-order valence-electron chi connectivity index (χ1n) is 11.6. The highest BCUT2D eigenvalue weighted by Gasteiger charge is 2.32. The first-order chi connectivity index (χ1) is 16.2. The van der Waals surface area contributed by atoms with E-state index >= 15 is 0 Å². The van der Waals surface area contributed by atoms with Gasteiger partial charge in [0.1, 0.15) is 5.60 Å². The molecule has 1 amide bonds. The zero-order valence-electron chi connectivity index (χ0n) is 19.8. The molecule has 2 aromatic rings. The van der Waals surface area contributed by atoms with Crippen LogP contribution in [0.3, 0.4) is 0 Å². The number of amides is 1. The van der Waals surface area contributed by atoms with Crippen LogP contribution < -0.4 is 0 Å². The SMILES string of the molecule is CC(C)(C)OC(=O)N1C/C(=C\c2ccc3c(c2)COC3)C(=O)/C(=C/c2ccc3c(c2)COC3)C1. The van der Waals surface area contributed by atoms with E-state index in [0.29, 0.717) is 37.6 Å². The second-order valence-corrected chi connectivity index (χ2v) is 10.0. The Morgan fingerprint density at radius 2 is 1.29 bits per heavy atom. The molecule has 3 heterocycles. The largest absolute Gasteiger partial charge is 0.444 e. The number of benzene rings is 2. The Morgan fingerprint density at radius 1 is 0.824 bits per heavy atom. The molecule has 0 atom stereocenters. The summed E-state index contributed by atoms with van der Waals surface area (Å²) in [4.78, 5) is 28.0. The van der Waals surface area contributed by atoms with Gasteiger partial charge in [-0.1, -0.05) is 24.3 Å². The fourth-order valence-electron chi connectivity index (χ4n) is 4.46. The van der Waals surface area contributed by atoms with Gasteiger partial charge in [0, 0.05) is 11.1 Å². The Kier molecular flexibility index (Phi) is 5.88. The minimum Gasteiger partial charge on any atom is -0.444 e. The zero-order chi connectivity index (χ0) is 23.9. The molecule has 2 aromatic carbocycles. The summed E-state index contributed by atoms with van der Waals surface area (Å²) >= 11 is 0. The molecule has 176 valence electrons. The average molecular weight is 460 g/mol. The minimum absolute atomic E-state index is 0.0479. The summed E-state index contributed by atoms with van der Waals surface area (Å²) in [5.41, 5.74) is 6.98. The van der Waals surface area contributed by atoms with Crippen LogP contribution in [-0.2, 0) is 45.4 Å². The molecule has 1 fully saturated rings. The van der Waals surface area contributed by atoms with Gasteiger partial charge < -0.3 is 14.2 Å². The highest BCUT2D eigenvalue weighted by molar-refractivity contribution is 6.15. The lowest BCUT2D eigenvalue weighted by molar-refractivity contribution is -0.113. The van der Waals surface area contributed by atoms with Crippen molar-refractivity contribution in [1.29, 1.82) is 0 Å². The van der Waals surface area contributed by atoms with Crippen LogP contribution in [-0.4, -0.2) is 35.5 Å². The molecule has 0 aliphatic carbocycles. The van der Waals surface area contributed by atoms with E-state index in [1.54, 1.807) is 4.90 Å². The number of hydrogen-bond acceptors (Lipinski definition) is 5. The van der Waals surface area contributed by atoms with Gasteiger partial charge in [0.05, 0.1) is 39.5 Å². The molecule has 0 unspecified atom stereocenters. The topological polar surface area (TPSA) is 65.1 Å². The van der Waals surface area contributed by atoms with E-state index in [2.05, 4.69) is 12.1 Å². The summed E-state index contributed by atoms with van der Waals surface area (Å²) in [6.07, 6.45) is 3.32. The van der Waals surface area contributed by atoms with Crippen molar-refractivity contribution in [3.8, 4) is 0 Å². The zero-order valence-corrected chi connectivity index (χ0v) is 19.8. The van der Waals surface area contributed by atoms with Crippen LogP contribution in [0.15, 0.2) is 47.5 Å². The number of fused-ring (bicyclic) bond motifs is 2. The van der Waals surface area contributed by atoms with E-state index in [-0.39, 0.29) is 18.9 Å². The number of carbonyl (C=O) groups is 2. The quantitative estimate of drug-likeness (QED) is 0.589. The second kappa shape index (κ2) is 8.85. The van der Waals surface area contributed by atoms with Crippen molar-refractivity contribution in [3.05, 3.63) is 80.9 Å². The summed E-state index contributed by atoms with van der Waals surface area (Å²) in [5.74, 6) is -0.0479. The minimum atomic E-state index is -0.619. The van der Waals surface area contributed by atoms with Crippen molar-refractivity contribution >= 4 is 24.0 Å². The molecule has 0 N–H and O–H groups in total. The number of piperidine rings is 1. The van der Waals surface area contributed by atoms with E-state index in [0.717, 1.165) is 22.3 Å². The third kappa shape index (κ3) is 4.83. The molecule has 0 spiro atoms. The van der Waals surface area contributed by atoms with Crippen LogP contribution in [0.25, 0.3) is 12.2 Å². The summed E-state index contributed by atoms with van der Waals surface area (Å²) in [6, 6.07) is 12.2. The molecule has 0 bridgehead atoms. The smallest absolute Gasteiger partial charge is 0.410 e. The average Bonchev–Trinajstić information content (AvgIpc) is 3.43. The van der Waals surface area contributed by atoms with Crippen molar-refractivity contribution in [2.45, 2.75) is 52.8 Å². The summed E-state index contributed by atoms with van der Waals surface area (Å²) < 4.78 is 16.7. The Balaban J connectivity index is 1.49. The standard InChI is InChI=1S/C28H29NO5/c1-28(2,3)34-27(31)29-12-22(8-18-4-6-20-14-32-16-24(20)10-18)26(30)23(13-29)9-19-5-7-21-15-33-17-25(21)11-19/h4-11H,12-17H2,1-3H3/b22-8+,23-9+. The number of rotatable bonds is 2. The lowest BCUT2D eigenvalue weighted by Crippen LogP contribution is -2.44. The van der Waals surface area contributed by atoms with E-state index < -0.39 is 11.7 Å². The number of hydrogen-bond donors (Lipinski definition) is 0. The number of nitrogens with zero attached hydrogens (tertiary/aromatic N) is 1. The molecule has 3 aliphatic heterocycles. The van der Waals surface area contributed by atoms with E-state index in [1.807, 2.05) is 57.2 Å².